The molecule has 0 amide bonds. The Kier molecular flexibility index (Phi) is 6.82. The van der Waals surface area contributed by atoms with Crippen molar-refractivity contribution in [1.29, 1.82) is 0 Å². The minimum absolute atomic E-state index is 0.0520. The molecular weight excluding hydrogens is 518 g/mol. The topological polar surface area (TPSA) is 34.3 Å². The molecule has 39 heavy (non-hydrogen) atoms. The minimum Gasteiger partial charge on any atom is -0.381 e. The lowest BCUT2D eigenvalue weighted by molar-refractivity contribution is -0.155. The molecule has 210 valence electrons. The Morgan fingerprint density at radius 1 is 1.05 bits per heavy atom. The van der Waals surface area contributed by atoms with Crippen LogP contribution in [0.15, 0.2) is 24.3 Å². The lowest BCUT2D eigenvalue weighted by Crippen LogP contribution is -2.47. The van der Waals surface area contributed by atoms with Crippen LogP contribution in [0, 0.1) is 11.6 Å². The number of anilines is 1. The summed E-state index contributed by atoms with van der Waals surface area (Å²) in [5, 5.41) is 4.08. The van der Waals surface area contributed by atoms with Gasteiger partial charge < -0.3 is 15.2 Å². The Morgan fingerprint density at radius 3 is 2.44 bits per heavy atom. The molecule has 1 aliphatic carbocycles. The Bertz CT molecular complexity index is 1360. The van der Waals surface area contributed by atoms with Crippen molar-refractivity contribution in [3.05, 3.63) is 63.8 Å². The van der Waals surface area contributed by atoms with Crippen LogP contribution in [-0.2, 0) is 19.3 Å². The molecule has 3 heterocycles. The van der Waals surface area contributed by atoms with E-state index in [2.05, 4.69) is 21.3 Å². The molecule has 0 saturated carbocycles. The fourth-order valence-electron chi connectivity index (χ4n) is 6.62. The Morgan fingerprint density at radius 2 is 1.77 bits per heavy atom. The van der Waals surface area contributed by atoms with Crippen LogP contribution in [0.3, 0.4) is 0 Å². The second-order valence-electron chi connectivity index (χ2n) is 11.3. The second kappa shape index (κ2) is 10.0. The van der Waals surface area contributed by atoms with Crippen molar-refractivity contribution >= 4 is 16.6 Å². The monoisotopic (exact) mass is 550 g/mol. The molecule has 4 nitrogen and oxygen atoms in total. The SMILES string of the molecule is C[C@H]1Cc2c([nH]c3cc4c(cc23)CC4)[C@H](c2c(F)cc(N[C@H]3CCN(CCCF)C3)cc2F)N1CC(F)(F)F. The number of alkyl halides is 4. The van der Waals surface area contributed by atoms with Gasteiger partial charge in [-0.25, -0.2) is 8.78 Å². The molecule has 2 aromatic carbocycles. The number of nitrogens with zero attached hydrogens (tertiary/aromatic N) is 2. The maximum absolute atomic E-state index is 15.8. The van der Waals surface area contributed by atoms with E-state index in [1.165, 1.54) is 23.3 Å². The molecule has 3 aliphatic rings. The molecule has 1 fully saturated rings. The largest absolute Gasteiger partial charge is 0.401 e. The third kappa shape index (κ3) is 5.01. The summed E-state index contributed by atoms with van der Waals surface area (Å²) in [7, 11) is 0. The van der Waals surface area contributed by atoms with Gasteiger partial charge in [-0.15, -0.1) is 0 Å². The number of nitrogens with one attached hydrogen (secondary N) is 2. The van der Waals surface area contributed by atoms with E-state index in [1.54, 1.807) is 6.92 Å². The molecule has 2 aliphatic heterocycles. The summed E-state index contributed by atoms with van der Waals surface area (Å²) >= 11 is 0. The van der Waals surface area contributed by atoms with Gasteiger partial charge in [-0.1, -0.05) is 0 Å². The number of hydrogen-bond donors (Lipinski definition) is 2. The van der Waals surface area contributed by atoms with E-state index in [0.717, 1.165) is 47.2 Å². The normalized spacial score (nSPS) is 23.6. The molecule has 1 aromatic heterocycles. The molecule has 0 bridgehead atoms. The number of aryl methyl sites for hydroxylation is 2. The van der Waals surface area contributed by atoms with Gasteiger partial charge in [-0.3, -0.25) is 9.29 Å². The molecule has 3 atom stereocenters. The van der Waals surface area contributed by atoms with Crippen molar-refractivity contribution in [3.8, 4) is 0 Å². The van der Waals surface area contributed by atoms with Crippen LogP contribution in [0.1, 0.15) is 53.8 Å². The highest BCUT2D eigenvalue weighted by atomic mass is 19.4. The van der Waals surface area contributed by atoms with Gasteiger partial charge in [-0.05, 0) is 80.0 Å². The smallest absolute Gasteiger partial charge is 0.381 e. The first-order chi connectivity index (χ1) is 18.6. The third-order valence-corrected chi connectivity index (χ3v) is 8.56. The van der Waals surface area contributed by atoms with Crippen LogP contribution in [0.5, 0.6) is 0 Å². The first-order valence-electron chi connectivity index (χ1n) is 13.6. The Hall–Kier alpha value is -2.72. The molecule has 3 aromatic rings. The van der Waals surface area contributed by atoms with Crippen LogP contribution in [-0.4, -0.2) is 65.9 Å². The van der Waals surface area contributed by atoms with E-state index < -0.39 is 43.1 Å². The summed E-state index contributed by atoms with van der Waals surface area (Å²) in [6, 6.07) is 4.57. The van der Waals surface area contributed by atoms with Gasteiger partial charge in [0.25, 0.3) is 0 Å². The minimum atomic E-state index is -4.54. The van der Waals surface area contributed by atoms with E-state index in [-0.39, 0.29) is 17.3 Å². The maximum atomic E-state index is 15.8. The van der Waals surface area contributed by atoms with E-state index in [9.17, 15) is 17.6 Å². The van der Waals surface area contributed by atoms with Crippen LogP contribution in [0.2, 0.25) is 0 Å². The van der Waals surface area contributed by atoms with Crippen molar-refractivity contribution in [3.63, 3.8) is 0 Å². The number of halogens is 6. The number of benzene rings is 2. The number of likely N-dealkylation sites (tertiary alicyclic amines) is 1. The number of rotatable bonds is 7. The van der Waals surface area contributed by atoms with Crippen LogP contribution in [0.25, 0.3) is 10.9 Å². The molecule has 1 saturated heterocycles. The summed E-state index contributed by atoms with van der Waals surface area (Å²) in [6.07, 6.45) is -1.09. The molecule has 0 radical (unpaired) electrons. The van der Waals surface area contributed by atoms with E-state index in [0.29, 0.717) is 31.6 Å². The maximum Gasteiger partial charge on any atom is 0.401 e. The van der Waals surface area contributed by atoms with Gasteiger partial charge in [0, 0.05) is 59.6 Å². The summed E-state index contributed by atoms with van der Waals surface area (Å²) in [5.41, 5.74) is 4.33. The van der Waals surface area contributed by atoms with Gasteiger partial charge in [0.05, 0.1) is 19.3 Å². The zero-order valence-corrected chi connectivity index (χ0v) is 21.8. The van der Waals surface area contributed by atoms with Crippen LogP contribution < -0.4 is 5.32 Å². The third-order valence-electron chi connectivity index (χ3n) is 8.56. The van der Waals surface area contributed by atoms with Crippen molar-refractivity contribution in [1.82, 2.24) is 14.8 Å². The highest BCUT2D eigenvalue weighted by Crippen LogP contribution is 2.45. The quantitative estimate of drug-likeness (QED) is 0.340. The average molecular weight is 551 g/mol. The molecule has 6 rings (SSSR count). The summed E-state index contributed by atoms with van der Waals surface area (Å²) in [4.78, 5) is 6.52. The molecular formula is C29H32F6N4. The number of H-pyrrole nitrogens is 1. The van der Waals surface area contributed by atoms with Crippen molar-refractivity contribution < 1.29 is 26.3 Å². The van der Waals surface area contributed by atoms with Gasteiger partial charge >= 0.3 is 6.18 Å². The fraction of sp³-hybridized carbons (Fsp3) is 0.517. The Balaban J connectivity index is 1.37. The summed E-state index contributed by atoms with van der Waals surface area (Å²) < 4.78 is 85.2. The molecule has 0 spiro atoms. The molecule has 0 unspecified atom stereocenters. The second-order valence-corrected chi connectivity index (χ2v) is 11.3. The predicted molar refractivity (Wildman–Crippen MR) is 139 cm³/mol. The van der Waals surface area contributed by atoms with E-state index in [1.807, 2.05) is 6.07 Å². The summed E-state index contributed by atoms with van der Waals surface area (Å²) in [5.74, 6) is -1.77. The number of fused-ring (bicyclic) bond motifs is 4. The standard InChI is InChI=1S/C29H32F6N4/c1-16-9-22-21-10-17-3-4-18(17)11-25(21)37-27(22)28(39(16)15-29(33,34)35)26-23(31)12-20(13-24(26)32)36-19-5-8-38(14-19)7-2-6-30/h10-13,16,19,28,36-37H,2-9,14-15H2,1H3/t16-,19-,28-/m0/s1. The van der Waals surface area contributed by atoms with Gasteiger partial charge in [-0.2, -0.15) is 13.2 Å². The number of aromatic amines is 1. The fourth-order valence-corrected chi connectivity index (χ4v) is 6.62. The highest BCUT2D eigenvalue weighted by Gasteiger charge is 2.44. The van der Waals surface area contributed by atoms with Gasteiger partial charge in [0.15, 0.2) is 0 Å². The average Bonchev–Trinajstić information content (AvgIpc) is 3.43. The van der Waals surface area contributed by atoms with Gasteiger partial charge in [0.1, 0.15) is 11.6 Å². The summed E-state index contributed by atoms with van der Waals surface area (Å²) in [6.45, 7) is 2.04. The van der Waals surface area contributed by atoms with Crippen molar-refractivity contribution in [2.45, 2.75) is 63.3 Å². The predicted octanol–water partition coefficient (Wildman–Crippen LogP) is 6.29. The molecule has 10 heteroatoms. The lowest BCUT2D eigenvalue weighted by Gasteiger charge is -2.41. The van der Waals surface area contributed by atoms with E-state index in [4.69, 9.17) is 0 Å². The highest BCUT2D eigenvalue weighted by molar-refractivity contribution is 5.87. The van der Waals surface area contributed by atoms with Crippen LogP contribution >= 0.6 is 0 Å². The first-order valence-corrected chi connectivity index (χ1v) is 13.6. The van der Waals surface area contributed by atoms with Crippen molar-refractivity contribution in [2.75, 3.05) is 38.2 Å². The molecule has 2 N–H and O–H groups in total. The zero-order chi connectivity index (χ0) is 27.5. The number of hydrogen-bond acceptors (Lipinski definition) is 3. The first kappa shape index (κ1) is 26.5. The van der Waals surface area contributed by atoms with Crippen molar-refractivity contribution in [2.24, 2.45) is 0 Å². The van der Waals surface area contributed by atoms with Crippen LogP contribution in [0.4, 0.5) is 32.0 Å². The van der Waals surface area contributed by atoms with E-state index >= 15 is 8.78 Å². The Labute approximate surface area is 223 Å². The zero-order valence-electron chi connectivity index (χ0n) is 21.8. The lowest BCUT2D eigenvalue weighted by atomic mass is 9.84. The van der Waals surface area contributed by atoms with Gasteiger partial charge in [0.2, 0.25) is 0 Å². The number of aromatic nitrogens is 1.